The smallest absolute Gasteiger partial charge is 0.251 e. The summed E-state index contributed by atoms with van der Waals surface area (Å²) in [5.74, 6) is 0.584. The molecule has 16 heavy (non-hydrogen) atoms. The third kappa shape index (κ3) is 2.38. The molecule has 0 saturated carbocycles. The summed E-state index contributed by atoms with van der Waals surface area (Å²) in [6.45, 7) is 0.385. The van der Waals surface area contributed by atoms with Crippen LogP contribution in [0.2, 0.25) is 0 Å². The van der Waals surface area contributed by atoms with Crippen molar-refractivity contribution in [2.24, 2.45) is 0 Å². The molecule has 0 atom stereocenters. The summed E-state index contributed by atoms with van der Waals surface area (Å²) in [6.07, 6.45) is 3.36. The van der Waals surface area contributed by atoms with Gasteiger partial charge in [0.1, 0.15) is 5.82 Å². The van der Waals surface area contributed by atoms with Gasteiger partial charge in [-0.1, -0.05) is 0 Å². The van der Waals surface area contributed by atoms with Gasteiger partial charge in [-0.05, 0) is 24.3 Å². The maximum Gasteiger partial charge on any atom is 0.251 e. The van der Waals surface area contributed by atoms with Gasteiger partial charge in [0.05, 0.1) is 6.54 Å². The van der Waals surface area contributed by atoms with Gasteiger partial charge in [-0.3, -0.25) is 4.79 Å². The van der Waals surface area contributed by atoms with Crippen LogP contribution in [0.3, 0.4) is 0 Å². The number of hydrogen-bond acceptors (Lipinski definition) is 3. The van der Waals surface area contributed by atoms with E-state index in [1.54, 1.807) is 36.7 Å². The Hall–Kier alpha value is -2.30. The Balaban J connectivity index is 1.95. The predicted molar refractivity (Wildman–Crippen MR) is 60.6 cm³/mol. The molecule has 0 aliphatic rings. The first-order chi connectivity index (χ1) is 7.75. The predicted octanol–water partition coefficient (Wildman–Crippen LogP) is 0.922. The van der Waals surface area contributed by atoms with Crippen molar-refractivity contribution in [1.82, 2.24) is 15.3 Å². The monoisotopic (exact) mass is 216 g/mol. The van der Waals surface area contributed by atoms with E-state index in [4.69, 9.17) is 5.73 Å². The van der Waals surface area contributed by atoms with Crippen molar-refractivity contribution in [2.75, 3.05) is 5.73 Å². The summed E-state index contributed by atoms with van der Waals surface area (Å²) < 4.78 is 0. The molecule has 82 valence electrons. The van der Waals surface area contributed by atoms with Crippen LogP contribution in [-0.4, -0.2) is 15.9 Å². The molecule has 1 amide bonds. The third-order valence-electron chi connectivity index (χ3n) is 2.14. The number of anilines is 1. The quantitative estimate of drug-likeness (QED) is 0.667. The van der Waals surface area contributed by atoms with Crippen LogP contribution in [0.5, 0.6) is 0 Å². The summed E-state index contributed by atoms with van der Waals surface area (Å²) >= 11 is 0. The topological polar surface area (TPSA) is 83.8 Å². The number of benzene rings is 1. The van der Waals surface area contributed by atoms with Crippen molar-refractivity contribution >= 4 is 11.6 Å². The molecule has 0 aliphatic heterocycles. The summed E-state index contributed by atoms with van der Waals surface area (Å²) in [5.41, 5.74) is 6.76. The van der Waals surface area contributed by atoms with E-state index in [1.165, 1.54) is 0 Å². The number of imidazole rings is 1. The molecule has 0 spiro atoms. The maximum atomic E-state index is 11.7. The number of rotatable bonds is 3. The fourth-order valence-electron chi connectivity index (χ4n) is 1.30. The van der Waals surface area contributed by atoms with Gasteiger partial charge < -0.3 is 16.0 Å². The minimum Gasteiger partial charge on any atom is -0.399 e. The summed E-state index contributed by atoms with van der Waals surface area (Å²) in [4.78, 5) is 18.6. The summed E-state index contributed by atoms with van der Waals surface area (Å²) in [7, 11) is 0. The van der Waals surface area contributed by atoms with E-state index < -0.39 is 0 Å². The molecule has 1 aromatic heterocycles. The maximum absolute atomic E-state index is 11.7. The highest BCUT2D eigenvalue weighted by atomic mass is 16.1. The Bertz CT molecular complexity index is 461. The van der Waals surface area contributed by atoms with Crippen LogP contribution in [0.25, 0.3) is 0 Å². The van der Waals surface area contributed by atoms with E-state index in [9.17, 15) is 4.79 Å². The number of nitrogens with one attached hydrogen (secondary N) is 2. The highest BCUT2D eigenvalue weighted by Crippen LogP contribution is 2.05. The largest absolute Gasteiger partial charge is 0.399 e. The van der Waals surface area contributed by atoms with E-state index in [-0.39, 0.29) is 5.91 Å². The van der Waals surface area contributed by atoms with Crippen molar-refractivity contribution in [3.05, 3.63) is 48.0 Å². The van der Waals surface area contributed by atoms with Gasteiger partial charge in [-0.15, -0.1) is 0 Å². The summed E-state index contributed by atoms with van der Waals surface area (Å²) in [6, 6.07) is 6.77. The zero-order chi connectivity index (χ0) is 11.4. The normalized spacial score (nSPS) is 10.0. The molecule has 1 heterocycles. The van der Waals surface area contributed by atoms with Crippen molar-refractivity contribution in [2.45, 2.75) is 6.54 Å². The average Bonchev–Trinajstić information content (AvgIpc) is 2.80. The van der Waals surface area contributed by atoms with Crippen LogP contribution >= 0.6 is 0 Å². The van der Waals surface area contributed by atoms with Crippen molar-refractivity contribution < 1.29 is 4.79 Å². The Labute approximate surface area is 92.7 Å². The molecule has 5 heteroatoms. The van der Waals surface area contributed by atoms with E-state index in [0.29, 0.717) is 17.8 Å². The van der Waals surface area contributed by atoms with E-state index in [0.717, 1.165) is 5.82 Å². The number of nitrogen functional groups attached to an aromatic ring is 1. The molecular formula is C11H12N4O. The molecule has 0 fully saturated rings. The fourth-order valence-corrected chi connectivity index (χ4v) is 1.30. The van der Waals surface area contributed by atoms with E-state index >= 15 is 0 Å². The van der Waals surface area contributed by atoms with Crippen molar-refractivity contribution in [3.8, 4) is 0 Å². The molecule has 2 aromatic rings. The average molecular weight is 216 g/mol. The first-order valence-corrected chi connectivity index (χ1v) is 4.88. The van der Waals surface area contributed by atoms with Crippen molar-refractivity contribution in [1.29, 1.82) is 0 Å². The Morgan fingerprint density at radius 3 is 2.75 bits per heavy atom. The van der Waals surface area contributed by atoms with Crippen molar-refractivity contribution in [3.63, 3.8) is 0 Å². The molecule has 0 radical (unpaired) electrons. The lowest BCUT2D eigenvalue weighted by molar-refractivity contribution is 0.0950. The number of carbonyl (C=O) groups is 1. The van der Waals surface area contributed by atoms with Gasteiger partial charge in [0, 0.05) is 23.6 Å². The zero-order valence-corrected chi connectivity index (χ0v) is 8.60. The Kier molecular flexibility index (Phi) is 2.86. The molecule has 5 nitrogen and oxygen atoms in total. The lowest BCUT2D eigenvalue weighted by atomic mass is 10.2. The second-order valence-electron chi connectivity index (χ2n) is 3.34. The number of amides is 1. The van der Waals surface area contributed by atoms with E-state index in [2.05, 4.69) is 15.3 Å². The minimum absolute atomic E-state index is 0.142. The van der Waals surface area contributed by atoms with Gasteiger partial charge >= 0.3 is 0 Å². The molecule has 2 rings (SSSR count). The van der Waals surface area contributed by atoms with Gasteiger partial charge in [0.15, 0.2) is 0 Å². The number of carbonyl (C=O) groups excluding carboxylic acids is 1. The van der Waals surface area contributed by atoms with Gasteiger partial charge in [-0.25, -0.2) is 4.98 Å². The Morgan fingerprint density at radius 1 is 1.38 bits per heavy atom. The molecule has 1 aromatic carbocycles. The highest BCUT2D eigenvalue weighted by Gasteiger charge is 2.04. The molecular weight excluding hydrogens is 204 g/mol. The van der Waals surface area contributed by atoms with Crippen LogP contribution in [0.4, 0.5) is 5.69 Å². The van der Waals surface area contributed by atoms with Crippen LogP contribution < -0.4 is 11.1 Å². The lowest BCUT2D eigenvalue weighted by Crippen LogP contribution is -2.23. The SMILES string of the molecule is Nc1ccc(C(=O)NCc2ncc[nH]2)cc1. The number of nitrogens with zero attached hydrogens (tertiary/aromatic N) is 1. The molecule has 0 aliphatic carbocycles. The molecule has 0 unspecified atom stereocenters. The second kappa shape index (κ2) is 4.48. The minimum atomic E-state index is -0.142. The first-order valence-electron chi connectivity index (χ1n) is 4.88. The Morgan fingerprint density at radius 2 is 2.12 bits per heavy atom. The number of aromatic amines is 1. The zero-order valence-electron chi connectivity index (χ0n) is 8.60. The number of H-pyrrole nitrogens is 1. The summed E-state index contributed by atoms with van der Waals surface area (Å²) in [5, 5.41) is 2.75. The first kappa shape index (κ1) is 10.2. The van der Waals surface area contributed by atoms with Crippen LogP contribution in [0.15, 0.2) is 36.7 Å². The third-order valence-corrected chi connectivity index (χ3v) is 2.14. The van der Waals surface area contributed by atoms with Crippen LogP contribution in [0, 0.1) is 0 Å². The molecule has 0 bridgehead atoms. The number of nitrogens with two attached hydrogens (primary N) is 1. The highest BCUT2D eigenvalue weighted by molar-refractivity contribution is 5.94. The van der Waals surface area contributed by atoms with E-state index in [1.807, 2.05) is 0 Å². The van der Waals surface area contributed by atoms with Gasteiger partial charge in [0.25, 0.3) is 5.91 Å². The van der Waals surface area contributed by atoms with Crippen LogP contribution in [-0.2, 0) is 6.54 Å². The lowest BCUT2D eigenvalue weighted by Gasteiger charge is -2.03. The number of aromatic nitrogens is 2. The molecule has 0 saturated heterocycles. The van der Waals surface area contributed by atoms with Gasteiger partial charge in [0.2, 0.25) is 0 Å². The van der Waals surface area contributed by atoms with Crippen LogP contribution in [0.1, 0.15) is 16.2 Å². The number of hydrogen-bond donors (Lipinski definition) is 3. The second-order valence-corrected chi connectivity index (χ2v) is 3.34. The fraction of sp³-hybridized carbons (Fsp3) is 0.0909. The molecule has 4 N–H and O–H groups in total. The van der Waals surface area contributed by atoms with Gasteiger partial charge in [-0.2, -0.15) is 0 Å². The standard InChI is InChI=1S/C11H12N4O/c12-9-3-1-8(2-4-9)11(16)15-7-10-13-5-6-14-10/h1-6H,7,12H2,(H,13,14)(H,15,16).